The highest BCUT2D eigenvalue weighted by atomic mass is 32.2. The second-order valence-electron chi connectivity index (χ2n) is 4.13. The summed E-state index contributed by atoms with van der Waals surface area (Å²) in [5.74, 6) is 0.662. The Morgan fingerprint density at radius 3 is 2.50 bits per heavy atom. The summed E-state index contributed by atoms with van der Waals surface area (Å²) in [5.41, 5.74) is 0.762. The number of carbonyl (C=O) groups is 1. The van der Waals surface area contributed by atoms with E-state index in [-0.39, 0.29) is 11.3 Å². The fraction of sp³-hybridized carbons (Fsp3) is 0.188. The Hall–Kier alpha value is -1.81. The number of halogens is 1. The number of ketones is 1. The molecular formula is C16H15FO2S. The zero-order chi connectivity index (χ0) is 14.5. The van der Waals surface area contributed by atoms with Gasteiger partial charge in [-0.05, 0) is 48.2 Å². The van der Waals surface area contributed by atoms with Crippen molar-refractivity contribution in [2.24, 2.45) is 0 Å². The Morgan fingerprint density at radius 2 is 1.90 bits per heavy atom. The molecule has 0 heterocycles. The zero-order valence-electron chi connectivity index (χ0n) is 11.4. The average Bonchev–Trinajstić information content (AvgIpc) is 2.47. The molecule has 2 rings (SSSR count). The van der Waals surface area contributed by atoms with Crippen molar-refractivity contribution in [2.75, 3.05) is 12.9 Å². The molecule has 0 aliphatic rings. The lowest BCUT2D eigenvalue weighted by Gasteiger charge is -2.08. The molecule has 0 aromatic heterocycles. The van der Waals surface area contributed by atoms with Crippen LogP contribution in [0, 0.1) is 5.82 Å². The van der Waals surface area contributed by atoms with Gasteiger partial charge in [-0.25, -0.2) is 4.39 Å². The number of rotatable bonds is 5. The molecule has 0 atom stereocenters. The van der Waals surface area contributed by atoms with Gasteiger partial charge in [0.2, 0.25) is 0 Å². The smallest absolute Gasteiger partial charge is 0.196 e. The molecule has 0 saturated heterocycles. The summed E-state index contributed by atoms with van der Waals surface area (Å²) in [4.78, 5) is 13.5. The summed E-state index contributed by atoms with van der Waals surface area (Å²) >= 11 is 1.71. The van der Waals surface area contributed by atoms with E-state index in [2.05, 4.69) is 6.92 Å². The van der Waals surface area contributed by atoms with Crippen LogP contribution in [0.5, 0.6) is 5.75 Å². The quantitative estimate of drug-likeness (QED) is 0.610. The van der Waals surface area contributed by atoms with Gasteiger partial charge in [-0.15, -0.1) is 11.8 Å². The van der Waals surface area contributed by atoms with E-state index >= 15 is 0 Å². The summed E-state index contributed by atoms with van der Waals surface area (Å²) in [5, 5.41) is 0. The van der Waals surface area contributed by atoms with Crippen LogP contribution >= 0.6 is 11.8 Å². The third-order valence-electron chi connectivity index (χ3n) is 2.83. The first-order chi connectivity index (χ1) is 9.65. The maximum Gasteiger partial charge on any atom is 0.196 e. The number of thioether (sulfide) groups is 1. The molecule has 4 heteroatoms. The topological polar surface area (TPSA) is 26.3 Å². The van der Waals surface area contributed by atoms with Crippen molar-refractivity contribution in [3.63, 3.8) is 0 Å². The maximum atomic E-state index is 13.3. The van der Waals surface area contributed by atoms with Gasteiger partial charge in [0.05, 0.1) is 12.7 Å². The van der Waals surface area contributed by atoms with Crippen LogP contribution < -0.4 is 4.74 Å². The Morgan fingerprint density at radius 1 is 1.20 bits per heavy atom. The highest BCUT2D eigenvalue weighted by Crippen LogP contribution is 2.24. The maximum absolute atomic E-state index is 13.3. The lowest BCUT2D eigenvalue weighted by Crippen LogP contribution is -2.04. The third-order valence-corrected chi connectivity index (χ3v) is 3.73. The first-order valence-electron chi connectivity index (χ1n) is 6.26. The number of hydrogen-bond acceptors (Lipinski definition) is 3. The minimum absolute atomic E-state index is 0.239. The molecule has 0 radical (unpaired) electrons. The van der Waals surface area contributed by atoms with Crippen molar-refractivity contribution < 1.29 is 13.9 Å². The summed E-state index contributed by atoms with van der Waals surface area (Å²) < 4.78 is 18.4. The van der Waals surface area contributed by atoms with E-state index in [1.165, 1.54) is 25.3 Å². The van der Waals surface area contributed by atoms with E-state index in [1.807, 2.05) is 12.1 Å². The van der Waals surface area contributed by atoms with Crippen LogP contribution in [0.15, 0.2) is 47.4 Å². The van der Waals surface area contributed by atoms with Gasteiger partial charge >= 0.3 is 0 Å². The number of carbonyl (C=O) groups excluding carboxylic acids is 1. The monoisotopic (exact) mass is 290 g/mol. The van der Waals surface area contributed by atoms with Crippen LogP contribution in [-0.4, -0.2) is 18.6 Å². The van der Waals surface area contributed by atoms with Crippen molar-refractivity contribution in [1.82, 2.24) is 0 Å². The van der Waals surface area contributed by atoms with Gasteiger partial charge in [0, 0.05) is 10.5 Å². The summed E-state index contributed by atoms with van der Waals surface area (Å²) in [6.45, 7) is 2.07. The molecule has 2 aromatic rings. The molecule has 0 fully saturated rings. The lowest BCUT2D eigenvalue weighted by atomic mass is 10.0. The molecule has 0 bridgehead atoms. The number of benzene rings is 2. The van der Waals surface area contributed by atoms with Crippen molar-refractivity contribution in [1.29, 1.82) is 0 Å². The van der Waals surface area contributed by atoms with E-state index < -0.39 is 5.82 Å². The van der Waals surface area contributed by atoms with Gasteiger partial charge in [-0.1, -0.05) is 6.92 Å². The second-order valence-corrected chi connectivity index (χ2v) is 5.47. The zero-order valence-corrected chi connectivity index (χ0v) is 12.2. The minimum atomic E-state index is -0.452. The van der Waals surface area contributed by atoms with Crippen LogP contribution in [0.25, 0.3) is 0 Å². The van der Waals surface area contributed by atoms with Crippen LogP contribution in [-0.2, 0) is 0 Å². The Bertz CT molecular complexity index is 608. The van der Waals surface area contributed by atoms with E-state index in [0.717, 1.165) is 10.6 Å². The van der Waals surface area contributed by atoms with E-state index in [1.54, 1.807) is 23.9 Å². The molecule has 0 N–H and O–H groups in total. The Kier molecular flexibility index (Phi) is 4.79. The van der Waals surface area contributed by atoms with Gasteiger partial charge < -0.3 is 4.74 Å². The highest BCUT2D eigenvalue weighted by Gasteiger charge is 2.15. The molecule has 0 unspecified atom stereocenters. The van der Waals surface area contributed by atoms with E-state index in [0.29, 0.717) is 11.3 Å². The largest absolute Gasteiger partial charge is 0.496 e. The molecule has 0 aliphatic carbocycles. The summed E-state index contributed by atoms with van der Waals surface area (Å²) in [6.07, 6.45) is 0. The first kappa shape index (κ1) is 14.6. The lowest BCUT2D eigenvalue weighted by molar-refractivity contribution is 0.103. The predicted octanol–water partition coefficient (Wildman–Crippen LogP) is 4.18. The SMILES string of the molecule is CCSc1ccc(C(=O)c2cc(F)ccc2OC)cc1. The van der Waals surface area contributed by atoms with Gasteiger partial charge in [0.1, 0.15) is 11.6 Å². The number of methoxy groups -OCH3 is 1. The summed E-state index contributed by atoms with van der Waals surface area (Å²) in [7, 11) is 1.46. The molecule has 20 heavy (non-hydrogen) atoms. The van der Waals surface area contributed by atoms with Gasteiger partial charge in [0.15, 0.2) is 5.78 Å². The fourth-order valence-corrected chi connectivity index (χ4v) is 2.54. The van der Waals surface area contributed by atoms with Gasteiger partial charge in [-0.2, -0.15) is 0 Å². The molecule has 2 aromatic carbocycles. The Labute approximate surface area is 122 Å². The molecular weight excluding hydrogens is 275 g/mol. The average molecular weight is 290 g/mol. The minimum Gasteiger partial charge on any atom is -0.496 e. The fourth-order valence-electron chi connectivity index (χ4n) is 1.88. The van der Waals surface area contributed by atoms with Gasteiger partial charge in [-0.3, -0.25) is 4.79 Å². The molecule has 2 nitrogen and oxygen atoms in total. The van der Waals surface area contributed by atoms with Crippen LogP contribution in [0.4, 0.5) is 4.39 Å². The second kappa shape index (κ2) is 6.57. The molecule has 0 spiro atoms. The van der Waals surface area contributed by atoms with Crippen LogP contribution in [0.3, 0.4) is 0 Å². The number of hydrogen-bond donors (Lipinski definition) is 0. The number of ether oxygens (including phenoxy) is 1. The van der Waals surface area contributed by atoms with Crippen molar-refractivity contribution in [3.8, 4) is 5.75 Å². The third kappa shape index (κ3) is 3.20. The standard InChI is InChI=1S/C16H15FO2S/c1-3-20-13-7-4-11(5-8-13)16(18)14-10-12(17)6-9-15(14)19-2/h4-10H,3H2,1-2H3. The highest BCUT2D eigenvalue weighted by molar-refractivity contribution is 7.99. The predicted molar refractivity (Wildman–Crippen MR) is 79.2 cm³/mol. The first-order valence-corrected chi connectivity index (χ1v) is 7.25. The van der Waals surface area contributed by atoms with Crippen LogP contribution in [0.1, 0.15) is 22.8 Å². The molecule has 0 aliphatic heterocycles. The van der Waals surface area contributed by atoms with E-state index in [9.17, 15) is 9.18 Å². The van der Waals surface area contributed by atoms with Crippen LogP contribution in [0.2, 0.25) is 0 Å². The molecule has 0 amide bonds. The molecule has 0 saturated carbocycles. The van der Waals surface area contributed by atoms with Crippen molar-refractivity contribution >= 4 is 17.5 Å². The Balaban J connectivity index is 2.33. The normalized spacial score (nSPS) is 10.3. The summed E-state index contributed by atoms with van der Waals surface area (Å²) in [6, 6.07) is 11.2. The van der Waals surface area contributed by atoms with Crippen molar-refractivity contribution in [3.05, 3.63) is 59.4 Å². The van der Waals surface area contributed by atoms with Crippen molar-refractivity contribution in [2.45, 2.75) is 11.8 Å². The van der Waals surface area contributed by atoms with Gasteiger partial charge in [0.25, 0.3) is 0 Å². The van der Waals surface area contributed by atoms with E-state index in [4.69, 9.17) is 4.74 Å². The molecule has 104 valence electrons.